The van der Waals surface area contributed by atoms with Crippen LogP contribution in [0.2, 0.25) is 0 Å². The lowest BCUT2D eigenvalue weighted by atomic mass is 10.2. The third-order valence-corrected chi connectivity index (χ3v) is 4.45. The van der Waals surface area contributed by atoms with Crippen LogP contribution in [0.3, 0.4) is 0 Å². The lowest BCUT2D eigenvalue weighted by Gasteiger charge is -2.41. The second-order valence-corrected chi connectivity index (χ2v) is 6.98. The van der Waals surface area contributed by atoms with Crippen LogP contribution in [0, 0.1) is 0 Å². The molecule has 0 aromatic carbocycles. The minimum absolute atomic E-state index is 0.0818. The molecule has 3 heterocycles. The zero-order chi connectivity index (χ0) is 18.0. The molecule has 3 rings (SSSR count). The van der Waals surface area contributed by atoms with Gasteiger partial charge in [0.05, 0.1) is 19.5 Å². The average Bonchev–Trinajstić information content (AvgIpc) is 2.57. The highest BCUT2D eigenvalue weighted by atomic mass is 32.2. The molecule has 1 amide bonds. The number of hydrogen-bond donors (Lipinski definition) is 1. The van der Waals surface area contributed by atoms with Crippen molar-refractivity contribution in [1.82, 2.24) is 9.58 Å². The highest BCUT2D eigenvalue weighted by Crippen LogP contribution is 2.22. The normalized spacial score (nSPS) is 20.2. The molecule has 1 aromatic heterocycles. The van der Waals surface area contributed by atoms with E-state index in [0.29, 0.717) is 19.8 Å². The van der Waals surface area contributed by atoms with Gasteiger partial charge >= 0.3 is 6.16 Å². The summed E-state index contributed by atoms with van der Waals surface area (Å²) in [5, 5.41) is 0. The predicted octanol–water partition coefficient (Wildman–Crippen LogP) is -0.902. The van der Waals surface area contributed by atoms with E-state index in [1.807, 2.05) is 0 Å². The number of nitrogens with one attached hydrogen (secondary N) is 1. The van der Waals surface area contributed by atoms with Crippen molar-refractivity contribution in [3.63, 3.8) is 0 Å². The van der Waals surface area contributed by atoms with Crippen molar-refractivity contribution in [2.75, 3.05) is 43.8 Å². The maximum Gasteiger partial charge on any atom is 0.514 e. The van der Waals surface area contributed by atoms with E-state index in [1.165, 1.54) is 28.1 Å². The zero-order valence-corrected chi connectivity index (χ0v) is 14.2. The Labute approximate surface area is 145 Å². The number of carbonyl (C=O) groups is 2. The summed E-state index contributed by atoms with van der Waals surface area (Å²) in [7, 11) is 0. The SMILES string of the molecule is C[S+]([O-])CCOC(=O)Oc1c2n(ccc1=O)N[C@@H]1COCCN1C2=O. The van der Waals surface area contributed by atoms with Gasteiger partial charge in [-0.2, -0.15) is 0 Å². The first-order chi connectivity index (χ1) is 12.0. The fourth-order valence-corrected chi connectivity index (χ4v) is 2.85. The molecule has 1 N–H and O–H groups in total. The Balaban J connectivity index is 1.82. The topological polar surface area (TPSA) is 122 Å². The maximum absolute atomic E-state index is 12.7. The molecule has 1 aromatic rings. The van der Waals surface area contributed by atoms with E-state index >= 15 is 0 Å². The quantitative estimate of drug-likeness (QED) is 0.534. The number of fused-ring (bicyclic) bond motifs is 2. The van der Waals surface area contributed by atoms with E-state index in [0.717, 1.165) is 0 Å². The van der Waals surface area contributed by atoms with Crippen LogP contribution in [0.4, 0.5) is 4.79 Å². The minimum Gasteiger partial charge on any atom is -0.616 e. The summed E-state index contributed by atoms with van der Waals surface area (Å²) >= 11 is -1.13. The van der Waals surface area contributed by atoms with Crippen molar-refractivity contribution < 1.29 is 28.4 Å². The smallest absolute Gasteiger partial charge is 0.514 e. The van der Waals surface area contributed by atoms with Crippen LogP contribution in [-0.4, -0.2) is 70.7 Å². The van der Waals surface area contributed by atoms with Crippen LogP contribution >= 0.6 is 0 Å². The lowest BCUT2D eigenvalue weighted by molar-refractivity contribution is -0.00321. The molecule has 25 heavy (non-hydrogen) atoms. The van der Waals surface area contributed by atoms with E-state index in [9.17, 15) is 18.9 Å². The van der Waals surface area contributed by atoms with Crippen molar-refractivity contribution >= 4 is 23.2 Å². The van der Waals surface area contributed by atoms with Crippen molar-refractivity contribution in [3.05, 3.63) is 28.2 Å². The summed E-state index contributed by atoms with van der Waals surface area (Å²) in [6.45, 7) is 0.929. The number of morpholine rings is 1. The van der Waals surface area contributed by atoms with Crippen LogP contribution in [0.25, 0.3) is 0 Å². The van der Waals surface area contributed by atoms with Gasteiger partial charge in [0.25, 0.3) is 5.91 Å². The van der Waals surface area contributed by atoms with Gasteiger partial charge in [0.1, 0.15) is 18.5 Å². The summed E-state index contributed by atoms with van der Waals surface area (Å²) < 4.78 is 27.4. The predicted molar refractivity (Wildman–Crippen MR) is 86.6 cm³/mol. The van der Waals surface area contributed by atoms with Crippen molar-refractivity contribution in [2.24, 2.45) is 0 Å². The molecule has 2 atom stereocenters. The number of nitrogens with zero attached hydrogens (tertiary/aromatic N) is 2. The van der Waals surface area contributed by atoms with Gasteiger partial charge in [-0.05, 0) is 0 Å². The van der Waals surface area contributed by atoms with Gasteiger partial charge in [0, 0.05) is 18.8 Å². The highest BCUT2D eigenvalue weighted by Gasteiger charge is 2.37. The largest absolute Gasteiger partial charge is 0.616 e. The standard InChI is InChI=1S/C14H17N3O7S/c1-25(21)7-6-23-14(20)24-12-9(18)2-3-17-11(12)13(19)16-4-5-22-8-10(16)15-17/h2-3,10,15H,4-8H2,1H3/t10-,25?/m0/s1. The van der Waals surface area contributed by atoms with Crippen molar-refractivity contribution in [1.29, 1.82) is 0 Å². The fraction of sp³-hybridized carbons (Fsp3) is 0.500. The second kappa shape index (κ2) is 7.33. The first-order valence-electron chi connectivity index (χ1n) is 7.53. The molecular weight excluding hydrogens is 354 g/mol. The number of ether oxygens (including phenoxy) is 3. The Hall–Kier alpha value is -2.24. The molecule has 0 spiro atoms. The Morgan fingerprint density at radius 2 is 2.32 bits per heavy atom. The van der Waals surface area contributed by atoms with Gasteiger partial charge in [-0.15, -0.1) is 0 Å². The summed E-state index contributed by atoms with van der Waals surface area (Å²) in [6.07, 6.45) is 1.36. The fourth-order valence-electron chi connectivity index (χ4n) is 2.53. The Morgan fingerprint density at radius 1 is 1.52 bits per heavy atom. The van der Waals surface area contributed by atoms with Gasteiger partial charge in [-0.1, -0.05) is 11.2 Å². The average molecular weight is 371 g/mol. The number of hydrogen-bond acceptors (Lipinski definition) is 8. The maximum atomic E-state index is 12.7. The third-order valence-electron chi connectivity index (χ3n) is 3.71. The number of amides is 1. The number of rotatable bonds is 4. The lowest BCUT2D eigenvalue weighted by Crippen LogP contribution is -2.59. The van der Waals surface area contributed by atoms with Gasteiger partial charge < -0.3 is 29.1 Å². The van der Waals surface area contributed by atoms with E-state index in [1.54, 1.807) is 0 Å². The van der Waals surface area contributed by atoms with Crippen LogP contribution < -0.4 is 15.6 Å². The zero-order valence-electron chi connectivity index (χ0n) is 13.4. The van der Waals surface area contributed by atoms with Crippen molar-refractivity contribution in [3.8, 4) is 5.75 Å². The molecule has 1 saturated heterocycles. The van der Waals surface area contributed by atoms with Crippen LogP contribution in [-0.2, 0) is 20.6 Å². The highest BCUT2D eigenvalue weighted by molar-refractivity contribution is 7.90. The van der Waals surface area contributed by atoms with Gasteiger partial charge in [-0.3, -0.25) is 14.3 Å². The van der Waals surface area contributed by atoms with E-state index in [4.69, 9.17) is 14.2 Å². The molecule has 0 aliphatic carbocycles. The molecule has 0 radical (unpaired) electrons. The van der Waals surface area contributed by atoms with Gasteiger partial charge in [-0.25, -0.2) is 4.79 Å². The van der Waals surface area contributed by atoms with Crippen LogP contribution in [0.1, 0.15) is 10.5 Å². The number of pyridine rings is 1. The molecule has 0 saturated carbocycles. The first kappa shape index (κ1) is 17.6. The molecule has 1 unspecified atom stereocenters. The number of carbonyl (C=O) groups excluding carboxylic acids is 2. The third kappa shape index (κ3) is 3.72. The van der Waals surface area contributed by atoms with Gasteiger partial charge in [0.15, 0.2) is 5.69 Å². The van der Waals surface area contributed by atoms with E-state index < -0.39 is 34.4 Å². The summed E-state index contributed by atoms with van der Waals surface area (Å²) in [6, 6.07) is 1.17. The Morgan fingerprint density at radius 3 is 3.08 bits per heavy atom. The number of aromatic nitrogens is 1. The summed E-state index contributed by atoms with van der Waals surface area (Å²) in [5.41, 5.74) is 2.31. The molecule has 0 bridgehead atoms. The van der Waals surface area contributed by atoms with Crippen LogP contribution in [0.5, 0.6) is 5.75 Å². The molecule has 1 fully saturated rings. The summed E-state index contributed by atoms with van der Waals surface area (Å²) in [5.74, 6) is -0.702. The van der Waals surface area contributed by atoms with E-state index in [-0.39, 0.29) is 24.2 Å². The Bertz CT molecular complexity index is 736. The molecular formula is C14H17N3O7S. The monoisotopic (exact) mass is 371 g/mol. The minimum atomic E-state index is -1.13. The molecule has 2 aliphatic heterocycles. The summed E-state index contributed by atoms with van der Waals surface area (Å²) in [4.78, 5) is 38.1. The molecule has 2 aliphatic rings. The van der Waals surface area contributed by atoms with Gasteiger partial charge in [0.2, 0.25) is 11.2 Å². The first-order valence-corrected chi connectivity index (χ1v) is 9.25. The van der Waals surface area contributed by atoms with Crippen molar-refractivity contribution in [2.45, 2.75) is 6.17 Å². The molecule has 10 nitrogen and oxygen atoms in total. The molecule has 11 heteroatoms. The second-order valence-electron chi connectivity index (χ2n) is 5.42. The Kier molecular flexibility index (Phi) is 5.16. The molecule has 136 valence electrons. The van der Waals surface area contributed by atoms with Crippen LogP contribution in [0.15, 0.2) is 17.1 Å². The van der Waals surface area contributed by atoms with E-state index in [2.05, 4.69) is 5.43 Å².